The third-order valence-electron chi connectivity index (χ3n) is 2.31. The first-order chi connectivity index (χ1) is 6.75. The molecule has 1 fully saturated rings. The molecule has 1 N–H and O–H groups in total. The molecule has 0 spiro atoms. The zero-order chi connectivity index (χ0) is 9.97. The van der Waals surface area contributed by atoms with Crippen molar-refractivity contribution in [2.75, 3.05) is 30.9 Å². The van der Waals surface area contributed by atoms with E-state index in [0.717, 1.165) is 24.2 Å². The Morgan fingerprint density at radius 3 is 2.93 bits per heavy atom. The Hall–Kier alpha value is -1.32. The van der Waals surface area contributed by atoms with E-state index < -0.39 is 0 Å². The van der Waals surface area contributed by atoms with E-state index in [4.69, 9.17) is 0 Å². The van der Waals surface area contributed by atoms with Crippen LogP contribution in [0.4, 0.5) is 11.8 Å². The number of nitrogens with one attached hydrogen (secondary N) is 1. The molecule has 76 valence electrons. The highest BCUT2D eigenvalue weighted by molar-refractivity contribution is 5.40. The largest absolute Gasteiger partial charge is 0.370 e. The molecule has 0 amide bonds. The molecule has 4 nitrogen and oxygen atoms in total. The first-order valence-electron chi connectivity index (χ1n) is 5.00. The molecule has 14 heavy (non-hydrogen) atoms. The summed E-state index contributed by atoms with van der Waals surface area (Å²) in [6, 6.07) is 1.91. The number of hydrogen-bond donors (Lipinski definition) is 1. The van der Waals surface area contributed by atoms with E-state index >= 15 is 0 Å². The summed E-state index contributed by atoms with van der Waals surface area (Å²) >= 11 is 0. The Morgan fingerprint density at radius 2 is 2.29 bits per heavy atom. The van der Waals surface area contributed by atoms with Crippen LogP contribution in [-0.4, -0.2) is 30.6 Å². The molecule has 0 unspecified atom stereocenters. The molecular weight excluding hydrogens is 176 g/mol. The molecule has 2 rings (SSSR count). The lowest BCUT2D eigenvalue weighted by Crippen LogP contribution is -2.14. The van der Waals surface area contributed by atoms with E-state index in [1.54, 1.807) is 6.20 Å². The molecule has 1 saturated carbocycles. The Morgan fingerprint density at radius 1 is 1.50 bits per heavy atom. The number of anilines is 2. The van der Waals surface area contributed by atoms with Crippen molar-refractivity contribution in [1.29, 1.82) is 0 Å². The van der Waals surface area contributed by atoms with Gasteiger partial charge in [-0.15, -0.1) is 0 Å². The van der Waals surface area contributed by atoms with Gasteiger partial charge in [0.15, 0.2) is 0 Å². The molecule has 1 heterocycles. The average Bonchev–Trinajstić information content (AvgIpc) is 2.99. The maximum atomic E-state index is 4.38. The van der Waals surface area contributed by atoms with E-state index in [2.05, 4.69) is 15.3 Å². The van der Waals surface area contributed by atoms with Crippen molar-refractivity contribution < 1.29 is 0 Å². The molecule has 0 aromatic carbocycles. The second kappa shape index (κ2) is 3.82. The van der Waals surface area contributed by atoms with Crippen LogP contribution in [0.5, 0.6) is 0 Å². The van der Waals surface area contributed by atoms with Gasteiger partial charge in [-0.1, -0.05) is 0 Å². The topological polar surface area (TPSA) is 41.1 Å². The normalized spacial score (nSPS) is 15.3. The van der Waals surface area contributed by atoms with Crippen LogP contribution in [0.2, 0.25) is 0 Å². The Balaban J connectivity index is 1.97. The minimum atomic E-state index is 0.755. The van der Waals surface area contributed by atoms with Gasteiger partial charge in [0.1, 0.15) is 5.82 Å². The Labute approximate surface area is 84.4 Å². The zero-order valence-electron chi connectivity index (χ0n) is 8.70. The van der Waals surface area contributed by atoms with Gasteiger partial charge < -0.3 is 10.2 Å². The van der Waals surface area contributed by atoms with Crippen molar-refractivity contribution in [3.05, 3.63) is 12.3 Å². The lowest BCUT2D eigenvalue weighted by molar-refractivity contribution is 0.878. The molecule has 0 aliphatic heterocycles. The van der Waals surface area contributed by atoms with E-state index in [9.17, 15) is 0 Å². The van der Waals surface area contributed by atoms with Gasteiger partial charge in [-0.3, -0.25) is 0 Å². The van der Waals surface area contributed by atoms with Gasteiger partial charge in [0.25, 0.3) is 0 Å². The molecule has 1 aromatic rings. The number of nitrogens with zero attached hydrogens (tertiary/aromatic N) is 3. The minimum absolute atomic E-state index is 0.755. The van der Waals surface area contributed by atoms with Crippen LogP contribution in [0.3, 0.4) is 0 Å². The van der Waals surface area contributed by atoms with Gasteiger partial charge in [-0.2, -0.15) is 4.98 Å². The molecule has 0 radical (unpaired) electrons. The van der Waals surface area contributed by atoms with Crippen LogP contribution in [0.15, 0.2) is 12.3 Å². The fourth-order valence-electron chi connectivity index (χ4n) is 1.23. The Bertz CT molecular complexity index is 307. The summed E-state index contributed by atoms with van der Waals surface area (Å²) in [4.78, 5) is 10.4. The third kappa shape index (κ3) is 2.34. The molecular formula is C10H16N4. The molecule has 1 aliphatic rings. The van der Waals surface area contributed by atoms with Crippen molar-refractivity contribution in [1.82, 2.24) is 9.97 Å². The van der Waals surface area contributed by atoms with Crippen LogP contribution in [0, 0.1) is 5.92 Å². The zero-order valence-corrected chi connectivity index (χ0v) is 8.70. The summed E-state index contributed by atoms with van der Waals surface area (Å²) in [5, 5.41) is 3.32. The number of aromatic nitrogens is 2. The predicted octanol–water partition coefficient (Wildman–Crippen LogP) is 1.36. The lowest BCUT2D eigenvalue weighted by atomic mass is 10.4. The van der Waals surface area contributed by atoms with E-state index in [1.165, 1.54) is 12.8 Å². The van der Waals surface area contributed by atoms with Crippen LogP contribution in [0.25, 0.3) is 0 Å². The van der Waals surface area contributed by atoms with Crippen LogP contribution in [-0.2, 0) is 0 Å². The smallest absolute Gasteiger partial charge is 0.226 e. The van der Waals surface area contributed by atoms with Crippen LogP contribution < -0.4 is 10.2 Å². The number of rotatable bonds is 4. The first-order valence-corrected chi connectivity index (χ1v) is 5.00. The van der Waals surface area contributed by atoms with Crippen LogP contribution >= 0.6 is 0 Å². The first kappa shape index (κ1) is 9.24. The summed E-state index contributed by atoms with van der Waals surface area (Å²) in [7, 11) is 3.89. The third-order valence-corrected chi connectivity index (χ3v) is 2.31. The van der Waals surface area contributed by atoms with Gasteiger partial charge in [-0.05, 0) is 24.8 Å². The van der Waals surface area contributed by atoms with Gasteiger partial charge in [0.2, 0.25) is 5.95 Å². The van der Waals surface area contributed by atoms with Crippen molar-refractivity contribution >= 4 is 11.8 Å². The molecule has 0 atom stereocenters. The highest BCUT2D eigenvalue weighted by atomic mass is 15.2. The summed E-state index contributed by atoms with van der Waals surface area (Å²) in [5.41, 5.74) is 0. The summed E-state index contributed by atoms with van der Waals surface area (Å²) in [6.07, 6.45) is 4.51. The highest BCUT2D eigenvalue weighted by Crippen LogP contribution is 2.28. The van der Waals surface area contributed by atoms with Crippen molar-refractivity contribution in [3.8, 4) is 0 Å². The maximum Gasteiger partial charge on any atom is 0.226 e. The van der Waals surface area contributed by atoms with E-state index in [-0.39, 0.29) is 0 Å². The summed E-state index contributed by atoms with van der Waals surface area (Å²) in [5.74, 6) is 2.55. The summed E-state index contributed by atoms with van der Waals surface area (Å²) < 4.78 is 0. The fraction of sp³-hybridized carbons (Fsp3) is 0.600. The lowest BCUT2D eigenvalue weighted by Gasteiger charge is -2.11. The van der Waals surface area contributed by atoms with Gasteiger partial charge >= 0.3 is 0 Å². The molecule has 0 saturated heterocycles. The maximum absolute atomic E-state index is 4.38. The van der Waals surface area contributed by atoms with E-state index in [0.29, 0.717) is 0 Å². The second-order valence-electron chi connectivity index (χ2n) is 3.96. The van der Waals surface area contributed by atoms with Gasteiger partial charge in [-0.25, -0.2) is 4.98 Å². The Kier molecular flexibility index (Phi) is 2.52. The molecule has 1 aliphatic carbocycles. The molecule has 1 aromatic heterocycles. The highest BCUT2D eigenvalue weighted by Gasteiger charge is 2.20. The fourth-order valence-corrected chi connectivity index (χ4v) is 1.23. The monoisotopic (exact) mass is 192 g/mol. The van der Waals surface area contributed by atoms with Crippen molar-refractivity contribution in [2.24, 2.45) is 5.92 Å². The van der Waals surface area contributed by atoms with Gasteiger partial charge in [0, 0.05) is 26.8 Å². The van der Waals surface area contributed by atoms with Crippen molar-refractivity contribution in [2.45, 2.75) is 12.8 Å². The SMILES string of the molecule is CN(C)c1nccc(NCC2CC2)n1. The van der Waals surface area contributed by atoms with Crippen molar-refractivity contribution in [3.63, 3.8) is 0 Å². The van der Waals surface area contributed by atoms with E-state index in [1.807, 2.05) is 25.1 Å². The quantitative estimate of drug-likeness (QED) is 0.782. The second-order valence-corrected chi connectivity index (χ2v) is 3.96. The molecule has 4 heteroatoms. The van der Waals surface area contributed by atoms with Crippen LogP contribution in [0.1, 0.15) is 12.8 Å². The summed E-state index contributed by atoms with van der Waals surface area (Å²) in [6.45, 7) is 1.05. The average molecular weight is 192 g/mol. The molecule has 0 bridgehead atoms. The minimum Gasteiger partial charge on any atom is -0.370 e. The van der Waals surface area contributed by atoms with Gasteiger partial charge in [0.05, 0.1) is 0 Å². The standard InChI is InChI=1S/C10H16N4/c1-14(2)10-11-6-5-9(13-10)12-7-8-3-4-8/h5-6,8H,3-4,7H2,1-2H3,(H,11,12,13). The number of hydrogen-bond acceptors (Lipinski definition) is 4. The predicted molar refractivity (Wildman–Crippen MR) is 57.6 cm³/mol.